The first-order valence-corrected chi connectivity index (χ1v) is 5.48. The number of anilines is 2. The normalized spacial score (nSPS) is 10.2. The van der Waals surface area contributed by atoms with E-state index in [4.69, 9.17) is 5.73 Å². The zero-order valence-corrected chi connectivity index (χ0v) is 9.21. The molecule has 0 amide bonds. The standard InChI is InChI=1S/C10H12N4S/c1-7-9(15-6-14-7)5-13-10-3-2-8(11)4-12-10/h2-4,6H,5,11H2,1H3,(H,12,13). The minimum atomic E-state index is 0.675. The van der Waals surface area contributed by atoms with Crippen molar-refractivity contribution in [1.29, 1.82) is 0 Å². The van der Waals surface area contributed by atoms with Gasteiger partial charge >= 0.3 is 0 Å². The summed E-state index contributed by atoms with van der Waals surface area (Å²) in [5.41, 5.74) is 9.14. The minimum absolute atomic E-state index is 0.675. The molecule has 0 saturated carbocycles. The van der Waals surface area contributed by atoms with E-state index >= 15 is 0 Å². The summed E-state index contributed by atoms with van der Waals surface area (Å²) in [6.07, 6.45) is 1.64. The van der Waals surface area contributed by atoms with Crippen LogP contribution in [0, 0.1) is 6.92 Å². The molecule has 0 aliphatic carbocycles. The Balaban J connectivity index is 1.99. The quantitative estimate of drug-likeness (QED) is 0.830. The van der Waals surface area contributed by atoms with Gasteiger partial charge in [0.1, 0.15) is 5.82 Å². The average molecular weight is 220 g/mol. The number of thiazole rings is 1. The van der Waals surface area contributed by atoms with Gasteiger partial charge in [0, 0.05) is 4.88 Å². The second-order valence-electron chi connectivity index (χ2n) is 3.19. The summed E-state index contributed by atoms with van der Waals surface area (Å²) in [5.74, 6) is 0.831. The number of hydrogen-bond donors (Lipinski definition) is 2. The van der Waals surface area contributed by atoms with Gasteiger partial charge in [0.15, 0.2) is 0 Å². The average Bonchev–Trinajstić information content (AvgIpc) is 2.63. The van der Waals surface area contributed by atoms with E-state index in [0.29, 0.717) is 5.69 Å². The van der Waals surface area contributed by atoms with Gasteiger partial charge in [0.05, 0.1) is 29.6 Å². The van der Waals surface area contributed by atoms with E-state index in [-0.39, 0.29) is 0 Å². The van der Waals surface area contributed by atoms with E-state index in [9.17, 15) is 0 Å². The summed E-state index contributed by atoms with van der Waals surface area (Å²) < 4.78 is 0. The van der Waals surface area contributed by atoms with Gasteiger partial charge < -0.3 is 11.1 Å². The van der Waals surface area contributed by atoms with E-state index in [1.807, 2.05) is 24.6 Å². The number of nitrogens with two attached hydrogens (primary N) is 1. The number of nitrogen functional groups attached to an aromatic ring is 1. The maximum atomic E-state index is 5.54. The Hall–Kier alpha value is -1.62. The van der Waals surface area contributed by atoms with Crippen LogP contribution in [0.4, 0.5) is 11.5 Å². The Morgan fingerprint density at radius 2 is 2.27 bits per heavy atom. The van der Waals surface area contributed by atoms with Crippen molar-refractivity contribution in [1.82, 2.24) is 9.97 Å². The molecule has 15 heavy (non-hydrogen) atoms. The third-order valence-electron chi connectivity index (χ3n) is 2.06. The molecular formula is C10H12N4S. The highest BCUT2D eigenvalue weighted by Crippen LogP contribution is 2.14. The molecule has 5 heteroatoms. The molecule has 0 saturated heterocycles. The first-order valence-electron chi connectivity index (χ1n) is 4.60. The van der Waals surface area contributed by atoms with Crippen molar-refractivity contribution in [2.75, 3.05) is 11.1 Å². The maximum absolute atomic E-state index is 5.54. The molecule has 0 aliphatic heterocycles. The van der Waals surface area contributed by atoms with E-state index in [1.54, 1.807) is 17.5 Å². The van der Waals surface area contributed by atoms with Gasteiger partial charge in [-0.05, 0) is 19.1 Å². The number of aromatic nitrogens is 2. The van der Waals surface area contributed by atoms with Crippen LogP contribution in [0.1, 0.15) is 10.6 Å². The number of nitrogens with one attached hydrogen (secondary N) is 1. The van der Waals surface area contributed by atoms with Crippen LogP contribution in [0.25, 0.3) is 0 Å². The summed E-state index contributed by atoms with van der Waals surface area (Å²) in [4.78, 5) is 9.57. The molecule has 0 fully saturated rings. The molecule has 3 N–H and O–H groups in total. The Morgan fingerprint density at radius 3 is 2.87 bits per heavy atom. The van der Waals surface area contributed by atoms with Crippen molar-refractivity contribution in [3.63, 3.8) is 0 Å². The van der Waals surface area contributed by atoms with Crippen LogP contribution in [0.3, 0.4) is 0 Å². The maximum Gasteiger partial charge on any atom is 0.126 e. The molecule has 0 radical (unpaired) electrons. The van der Waals surface area contributed by atoms with Crippen LogP contribution >= 0.6 is 11.3 Å². The van der Waals surface area contributed by atoms with Gasteiger partial charge in [0.25, 0.3) is 0 Å². The zero-order chi connectivity index (χ0) is 10.7. The molecule has 2 rings (SSSR count). The lowest BCUT2D eigenvalue weighted by Gasteiger charge is -2.04. The zero-order valence-electron chi connectivity index (χ0n) is 8.40. The SMILES string of the molecule is Cc1ncsc1CNc1ccc(N)cn1. The van der Waals surface area contributed by atoms with Crippen LogP contribution in [0.5, 0.6) is 0 Å². The fourth-order valence-corrected chi connectivity index (χ4v) is 1.89. The summed E-state index contributed by atoms with van der Waals surface area (Å²) in [6, 6.07) is 3.70. The third kappa shape index (κ3) is 2.44. The third-order valence-corrected chi connectivity index (χ3v) is 3.00. The Morgan fingerprint density at radius 1 is 1.40 bits per heavy atom. The number of pyridine rings is 1. The van der Waals surface area contributed by atoms with Crippen molar-refractivity contribution in [2.45, 2.75) is 13.5 Å². The highest BCUT2D eigenvalue weighted by molar-refractivity contribution is 7.09. The van der Waals surface area contributed by atoms with E-state index in [2.05, 4.69) is 15.3 Å². The first kappa shape index (κ1) is 9.92. The Bertz CT molecular complexity index is 435. The van der Waals surface area contributed by atoms with Crippen LogP contribution in [0.2, 0.25) is 0 Å². The number of hydrogen-bond acceptors (Lipinski definition) is 5. The fourth-order valence-electron chi connectivity index (χ4n) is 1.18. The molecule has 0 bridgehead atoms. The smallest absolute Gasteiger partial charge is 0.126 e. The number of aryl methyl sites for hydroxylation is 1. The van der Waals surface area contributed by atoms with Gasteiger partial charge in [-0.25, -0.2) is 9.97 Å². The van der Waals surface area contributed by atoms with Gasteiger partial charge in [-0.2, -0.15) is 0 Å². The van der Waals surface area contributed by atoms with Crippen LogP contribution in [-0.2, 0) is 6.54 Å². The highest BCUT2D eigenvalue weighted by Gasteiger charge is 2.00. The number of nitrogens with zero attached hydrogens (tertiary/aromatic N) is 2. The van der Waals surface area contributed by atoms with Crippen molar-refractivity contribution in [2.24, 2.45) is 0 Å². The molecule has 2 aromatic rings. The van der Waals surface area contributed by atoms with Crippen LogP contribution in [-0.4, -0.2) is 9.97 Å². The topological polar surface area (TPSA) is 63.8 Å². The van der Waals surface area contributed by atoms with E-state index < -0.39 is 0 Å². The van der Waals surface area contributed by atoms with Gasteiger partial charge in [-0.1, -0.05) is 0 Å². The molecular weight excluding hydrogens is 208 g/mol. The minimum Gasteiger partial charge on any atom is -0.397 e. The van der Waals surface area contributed by atoms with Crippen molar-refractivity contribution in [3.8, 4) is 0 Å². The summed E-state index contributed by atoms with van der Waals surface area (Å²) in [7, 11) is 0. The summed E-state index contributed by atoms with van der Waals surface area (Å²) in [5, 5.41) is 3.22. The fraction of sp³-hybridized carbons (Fsp3) is 0.200. The Labute approximate surface area is 92.2 Å². The predicted molar refractivity (Wildman–Crippen MR) is 62.8 cm³/mol. The summed E-state index contributed by atoms with van der Waals surface area (Å²) in [6.45, 7) is 2.76. The van der Waals surface area contributed by atoms with E-state index in [0.717, 1.165) is 18.1 Å². The Kier molecular flexibility index (Phi) is 2.82. The molecule has 4 nitrogen and oxygen atoms in total. The molecule has 78 valence electrons. The van der Waals surface area contributed by atoms with Crippen molar-refractivity contribution in [3.05, 3.63) is 34.4 Å². The van der Waals surface area contributed by atoms with Gasteiger partial charge in [-0.15, -0.1) is 11.3 Å². The largest absolute Gasteiger partial charge is 0.397 e. The monoisotopic (exact) mass is 220 g/mol. The molecule has 0 spiro atoms. The second kappa shape index (κ2) is 4.27. The highest BCUT2D eigenvalue weighted by atomic mass is 32.1. The molecule has 2 heterocycles. The van der Waals surface area contributed by atoms with Gasteiger partial charge in [-0.3, -0.25) is 0 Å². The summed E-state index contributed by atoms with van der Waals surface area (Å²) >= 11 is 1.65. The lowest BCUT2D eigenvalue weighted by Crippen LogP contribution is -2.01. The van der Waals surface area contributed by atoms with Crippen LogP contribution in [0.15, 0.2) is 23.8 Å². The van der Waals surface area contributed by atoms with Gasteiger partial charge in [0.2, 0.25) is 0 Å². The molecule has 0 unspecified atom stereocenters. The molecule has 0 aliphatic rings. The van der Waals surface area contributed by atoms with Crippen molar-refractivity contribution < 1.29 is 0 Å². The lowest BCUT2D eigenvalue weighted by molar-refractivity contribution is 1.10. The molecule has 0 aromatic carbocycles. The first-order chi connectivity index (χ1) is 7.25. The van der Waals surface area contributed by atoms with Crippen LogP contribution < -0.4 is 11.1 Å². The molecule has 2 aromatic heterocycles. The number of rotatable bonds is 3. The molecule has 0 atom stereocenters. The predicted octanol–water partition coefficient (Wildman–Crippen LogP) is 2.04. The lowest BCUT2D eigenvalue weighted by atomic mass is 10.4. The van der Waals surface area contributed by atoms with E-state index in [1.165, 1.54) is 4.88 Å². The second-order valence-corrected chi connectivity index (χ2v) is 4.13. The van der Waals surface area contributed by atoms with Crippen molar-refractivity contribution >= 4 is 22.8 Å².